The minimum atomic E-state index is -0.814. The molecule has 0 spiro atoms. The molecule has 0 fully saturated rings. The zero-order valence-corrected chi connectivity index (χ0v) is 11.5. The third-order valence-electron chi connectivity index (χ3n) is 2.85. The molecule has 18 heavy (non-hydrogen) atoms. The predicted molar refractivity (Wildman–Crippen MR) is 70.5 cm³/mol. The van der Waals surface area contributed by atoms with E-state index in [0.29, 0.717) is 13.1 Å². The summed E-state index contributed by atoms with van der Waals surface area (Å²) in [6.45, 7) is 9.15. The zero-order valence-electron chi connectivity index (χ0n) is 11.5. The average Bonchev–Trinajstić information content (AvgIpc) is 2.19. The van der Waals surface area contributed by atoms with E-state index in [1.54, 1.807) is 6.07 Å². The fourth-order valence-corrected chi connectivity index (χ4v) is 1.72. The van der Waals surface area contributed by atoms with Gasteiger partial charge in [0.25, 0.3) is 0 Å². The first-order chi connectivity index (χ1) is 8.12. The summed E-state index contributed by atoms with van der Waals surface area (Å²) in [5.74, 6) is -1.62. The predicted octanol–water partition coefficient (Wildman–Crippen LogP) is 2.57. The van der Waals surface area contributed by atoms with Crippen LogP contribution in [0.1, 0.15) is 33.3 Å². The van der Waals surface area contributed by atoms with E-state index < -0.39 is 11.6 Å². The van der Waals surface area contributed by atoms with Crippen LogP contribution >= 0.6 is 0 Å². The van der Waals surface area contributed by atoms with E-state index in [4.69, 9.17) is 5.73 Å². The van der Waals surface area contributed by atoms with Gasteiger partial charge in [-0.25, -0.2) is 8.78 Å². The summed E-state index contributed by atoms with van der Waals surface area (Å²) in [4.78, 5) is 0. The third kappa shape index (κ3) is 4.35. The fraction of sp³-hybridized carbons (Fsp3) is 0.571. The molecule has 0 amide bonds. The van der Waals surface area contributed by atoms with E-state index in [0.717, 1.165) is 5.56 Å². The van der Waals surface area contributed by atoms with Crippen LogP contribution in [0, 0.1) is 11.6 Å². The highest BCUT2D eigenvalue weighted by Crippen LogP contribution is 2.24. The second-order valence-corrected chi connectivity index (χ2v) is 6.10. The molecule has 0 heterocycles. The molecule has 2 nitrogen and oxygen atoms in total. The summed E-state index contributed by atoms with van der Waals surface area (Å²) in [5, 5.41) is 3.26. The maximum Gasteiger partial charge on any atom is 0.159 e. The van der Waals surface area contributed by atoms with Crippen LogP contribution in [0.4, 0.5) is 8.78 Å². The Kier molecular flexibility index (Phi) is 4.46. The maximum absolute atomic E-state index is 13.2. The molecule has 0 radical (unpaired) electrons. The van der Waals surface area contributed by atoms with Crippen LogP contribution in [0.5, 0.6) is 0 Å². The summed E-state index contributed by atoms with van der Waals surface area (Å²) in [7, 11) is 0. The fourth-order valence-electron chi connectivity index (χ4n) is 1.72. The molecular weight excluding hydrogens is 234 g/mol. The molecule has 0 saturated heterocycles. The molecule has 0 aliphatic carbocycles. The van der Waals surface area contributed by atoms with Gasteiger partial charge in [0.15, 0.2) is 11.6 Å². The Labute approximate surface area is 108 Å². The number of halogens is 2. The van der Waals surface area contributed by atoms with Crippen LogP contribution in [0.25, 0.3) is 0 Å². The molecule has 1 aromatic carbocycles. The van der Waals surface area contributed by atoms with Gasteiger partial charge in [0.1, 0.15) is 0 Å². The summed E-state index contributed by atoms with van der Waals surface area (Å²) in [6.07, 6.45) is 0. The molecule has 0 bridgehead atoms. The van der Waals surface area contributed by atoms with Crippen LogP contribution in [0.15, 0.2) is 18.2 Å². The van der Waals surface area contributed by atoms with Gasteiger partial charge in [0, 0.05) is 24.0 Å². The van der Waals surface area contributed by atoms with Crippen LogP contribution in [0.2, 0.25) is 0 Å². The maximum atomic E-state index is 13.2. The van der Waals surface area contributed by atoms with Gasteiger partial charge in [-0.05, 0) is 31.5 Å². The molecular formula is C14H22F2N2. The summed E-state index contributed by atoms with van der Waals surface area (Å²) in [6, 6.07) is 4.04. The van der Waals surface area contributed by atoms with E-state index in [2.05, 4.69) is 5.32 Å². The molecule has 102 valence electrons. The van der Waals surface area contributed by atoms with Crippen molar-refractivity contribution in [3.05, 3.63) is 35.4 Å². The van der Waals surface area contributed by atoms with Crippen molar-refractivity contribution < 1.29 is 8.78 Å². The van der Waals surface area contributed by atoms with Crippen molar-refractivity contribution in [2.75, 3.05) is 13.1 Å². The second-order valence-electron chi connectivity index (χ2n) is 6.10. The third-order valence-corrected chi connectivity index (χ3v) is 2.85. The lowest BCUT2D eigenvalue weighted by atomic mass is 9.84. The molecule has 0 aromatic heterocycles. The van der Waals surface area contributed by atoms with Crippen molar-refractivity contribution >= 4 is 0 Å². The molecule has 1 rings (SSSR count). The number of rotatable bonds is 5. The monoisotopic (exact) mass is 256 g/mol. The molecule has 0 atom stereocenters. The molecule has 0 aliphatic rings. The first-order valence-corrected chi connectivity index (χ1v) is 6.07. The number of hydrogen-bond donors (Lipinski definition) is 2. The number of benzene rings is 1. The molecule has 0 aliphatic heterocycles. The van der Waals surface area contributed by atoms with Gasteiger partial charge in [0.05, 0.1) is 0 Å². The highest BCUT2D eigenvalue weighted by atomic mass is 19.2. The van der Waals surface area contributed by atoms with Crippen LogP contribution < -0.4 is 11.1 Å². The molecule has 1 aromatic rings. The van der Waals surface area contributed by atoms with E-state index in [1.807, 2.05) is 27.7 Å². The zero-order chi connectivity index (χ0) is 14.0. The van der Waals surface area contributed by atoms with Crippen molar-refractivity contribution in [3.63, 3.8) is 0 Å². The van der Waals surface area contributed by atoms with E-state index in [9.17, 15) is 8.78 Å². The molecule has 0 unspecified atom stereocenters. The lowest BCUT2D eigenvalue weighted by molar-refractivity contribution is 0.408. The normalized spacial score (nSPS) is 12.8. The first kappa shape index (κ1) is 15.1. The highest BCUT2D eigenvalue weighted by Gasteiger charge is 2.22. The van der Waals surface area contributed by atoms with E-state index >= 15 is 0 Å². The van der Waals surface area contributed by atoms with Gasteiger partial charge in [-0.2, -0.15) is 0 Å². The number of nitrogens with one attached hydrogen (secondary N) is 1. The van der Waals surface area contributed by atoms with Crippen molar-refractivity contribution in [1.29, 1.82) is 0 Å². The molecule has 0 saturated carbocycles. The Hall–Kier alpha value is -1.00. The number of hydrogen-bond acceptors (Lipinski definition) is 2. The SMILES string of the molecule is CC(C)(N)CNCC(C)(C)c1ccc(F)c(F)c1. The topological polar surface area (TPSA) is 38.0 Å². The first-order valence-electron chi connectivity index (χ1n) is 6.07. The van der Waals surface area contributed by atoms with Crippen molar-refractivity contribution in [3.8, 4) is 0 Å². The minimum absolute atomic E-state index is 0.278. The Morgan fingerprint density at radius 2 is 1.67 bits per heavy atom. The Bertz CT molecular complexity index is 409. The summed E-state index contributed by atoms with van der Waals surface area (Å²) < 4.78 is 26.1. The largest absolute Gasteiger partial charge is 0.324 e. The molecule has 4 heteroatoms. The van der Waals surface area contributed by atoms with Crippen LogP contribution in [0.3, 0.4) is 0 Å². The van der Waals surface area contributed by atoms with Gasteiger partial charge >= 0.3 is 0 Å². The van der Waals surface area contributed by atoms with Crippen LogP contribution in [-0.2, 0) is 5.41 Å². The van der Waals surface area contributed by atoms with Gasteiger partial charge in [-0.15, -0.1) is 0 Å². The van der Waals surface area contributed by atoms with Gasteiger partial charge in [0.2, 0.25) is 0 Å². The standard InChI is InChI=1S/C14H22F2N2/c1-13(2,8-18-9-14(3,4)17)10-5-6-11(15)12(16)7-10/h5-7,18H,8-9,17H2,1-4H3. The lowest BCUT2D eigenvalue weighted by Crippen LogP contribution is -2.46. The summed E-state index contributed by atoms with van der Waals surface area (Å²) in [5.41, 5.74) is 6.08. The van der Waals surface area contributed by atoms with Crippen LogP contribution in [-0.4, -0.2) is 18.6 Å². The van der Waals surface area contributed by atoms with Crippen molar-refractivity contribution in [2.45, 2.75) is 38.6 Å². The van der Waals surface area contributed by atoms with Crippen molar-refractivity contribution in [2.24, 2.45) is 5.73 Å². The lowest BCUT2D eigenvalue weighted by Gasteiger charge is -2.28. The van der Waals surface area contributed by atoms with Gasteiger partial charge < -0.3 is 11.1 Å². The minimum Gasteiger partial charge on any atom is -0.324 e. The van der Waals surface area contributed by atoms with Crippen molar-refractivity contribution in [1.82, 2.24) is 5.32 Å². The Morgan fingerprint density at radius 3 is 2.17 bits per heavy atom. The quantitative estimate of drug-likeness (QED) is 0.849. The molecule has 3 N–H and O–H groups in total. The summed E-state index contributed by atoms with van der Waals surface area (Å²) >= 11 is 0. The number of nitrogens with two attached hydrogens (primary N) is 1. The van der Waals surface area contributed by atoms with Gasteiger partial charge in [-0.3, -0.25) is 0 Å². The second kappa shape index (κ2) is 5.33. The Balaban J connectivity index is 2.70. The smallest absolute Gasteiger partial charge is 0.159 e. The average molecular weight is 256 g/mol. The van der Waals surface area contributed by atoms with Gasteiger partial charge in [-0.1, -0.05) is 19.9 Å². The highest BCUT2D eigenvalue weighted by molar-refractivity contribution is 5.25. The Morgan fingerprint density at radius 1 is 1.06 bits per heavy atom. The van der Waals surface area contributed by atoms with E-state index in [-0.39, 0.29) is 11.0 Å². The van der Waals surface area contributed by atoms with E-state index in [1.165, 1.54) is 12.1 Å².